The number of rotatable bonds is 3. The van der Waals surface area contributed by atoms with Crippen molar-refractivity contribution in [3.63, 3.8) is 0 Å². The van der Waals surface area contributed by atoms with Crippen molar-refractivity contribution in [2.45, 2.75) is 32.0 Å². The van der Waals surface area contributed by atoms with Gasteiger partial charge in [0.15, 0.2) is 5.78 Å². The predicted molar refractivity (Wildman–Crippen MR) is 62.3 cm³/mol. The maximum Gasteiger partial charge on any atom is 0.159 e. The average molecular weight is 236 g/mol. The number of ether oxygens (including phenoxy) is 1. The van der Waals surface area contributed by atoms with Gasteiger partial charge in [-0.2, -0.15) is 0 Å². The summed E-state index contributed by atoms with van der Waals surface area (Å²) in [7, 11) is 0. The maximum atomic E-state index is 11.2. The summed E-state index contributed by atoms with van der Waals surface area (Å²) >= 11 is 0. The fraction of sp³-hybridized carbons (Fsp3) is 0.462. The lowest BCUT2D eigenvalue weighted by atomic mass is 9.95. The van der Waals surface area contributed by atoms with Crippen LogP contribution in [0.25, 0.3) is 0 Å². The van der Waals surface area contributed by atoms with Crippen molar-refractivity contribution in [1.82, 2.24) is 0 Å². The highest BCUT2D eigenvalue weighted by atomic mass is 16.5. The number of benzene rings is 1. The molecular weight excluding hydrogens is 220 g/mol. The first-order valence-corrected chi connectivity index (χ1v) is 5.58. The number of Topliss-reactive ketones (excluding diaryl/α,β-unsaturated/α-hetero) is 1. The van der Waals surface area contributed by atoms with E-state index in [1.807, 2.05) is 0 Å². The largest absolute Gasteiger partial charge is 0.487 e. The second-order valence-corrected chi connectivity index (χ2v) is 4.70. The zero-order chi connectivity index (χ0) is 12.6. The molecule has 1 aliphatic rings. The zero-order valence-corrected chi connectivity index (χ0v) is 9.93. The normalized spacial score (nSPS) is 21.5. The van der Waals surface area contributed by atoms with Gasteiger partial charge in [-0.25, -0.2) is 0 Å². The van der Waals surface area contributed by atoms with E-state index in [1.165, 1.54) is 13.8 Å². The van der Waals surface area contributed by atoms with Crippen LogP contribution < -0.4 is 4.74 Å². The van der Waals surface area contributed by atoms with Gasteiger partial charge in [0.1, 0.15) is 17.5 Å². The lowest BCUT2D eigenvalue weighted by molar-refractivity contribution is -0.0729. The van der Waals surface area contributed by atoms with Gasteiger partial charge >= 0.3 is 0 Å². The van der Waals surface area contributed by atoms with Crippen molar-refractivity contribution in [2.24, 2.45) is 0 Å². The first kappa shape index (κ1) is 12.1. The van der Waals surface area contributed by atoms with E-state index in [0.717, 1.165) is 5.56 Å². The summed E-state index contributed by atoms with van der Waals surface area (Å²) in [6, 6.07) is 5.22. The number of hydrogen-bond acceptors (Lipinski definition) is 4. The molecule has 0 amide bonds. The van der Waals surface area contributed by atoms with E-state index < -0.39 is 11.7 Å². The molecule has 1 aliphatic heterocycles. The van der Waals surface area contributed by atoms with Gasteiger partial charge < -0.3 is 14.9 Å². The first-order valence-electron chi connectivity index (χ1n) is 5.58. The summed E-state index contributed by atoms with van der Waals surface area (Å²) in [4.78, 5) is 11.2. The number of ketones is 1. The fourth-order valence-electron chi connectivity index (χ4n) is 1.92. The molecule has 17 heavy (non-hydrogen) atoms. The Morgan fingerprint density at radius 3 is 2.88 bits per heavy atom. The Morgan fingerprint density at radius 2 is 2.29 bits per heavy atom. The molecule has 0 spiro atoms. The van der Waals surface area contributed by atoms with Crippen molar-refractivity contribution in [1.29, 1.82) is 0 Å². The minimum atomic E-state index is -1.27. The van der Waals surface area contributed by atoms with Crippen molar-refractivity contribution in [2.75, 3.05) is 6.61 Å². The van der Waals surface area contributed by atoms with Crippen LogP contribution in [0.3, 0.4) is 0 Å². The van der Waals surface area contributed by atoms with Crippen LogP contribution in [0, 0.1) is 0 Å². The number of aliphatic hydroxyl groups is 2. The van der Waals surface area contributed by atoms with E-state index in [2.05, 4.69) is 0 Å². The number of aliphatic hydroxyl groups excluding tert-OH is 1. The Hall–Kier alpha value is -1.39. The van der Waals surface area contributed by atoms with Gasteiger partial charge in [-0.3, -0.25) is 4.79 Å². The van der Waals surface area contributed by atoms with Gasteiger partial charge in [0.25, 0.3) is 0 Å². The second-order valence-electron chi connectivity index (χ2n) is 4.70. The number of fused-ring (bicyclic) bond motifs is 1. The summed E-state index contributed by atoms with van der Waals surface area (Å²) in [5.74, 6) is 0.680. The standard InChI is InChI=1S/C13H16O4/c1-8(15)9-3-4-11-10(5-9)6-12(17-11)13(2,16)7-14/h3-5,12,14,16H,6-7H2,1-2H3/t12-,13+/m1/s1. The molecule has 92 valence electrons. The van der Waals surface area contributed by atoms with Crippen molar-refractivity contribution in [3.8, 4) is 5.75 Å². The minimum Gasteiger partial charge on any atom is -0.487 e. The molecule has 2 rings (SSSR count). The van der Waals surface area contributed by atoms with Crippen LogP contribution in [0.1, 0.15) is 29.8 Å². The summed E-state index contributed by atoms with van der Waals surface area (Å²) in [5, 5.41) is 19.0. The molecule has 0 aromatic heterocycles. The second kappa shape index (κ2) is 4.13. The Labute approximate surface area is 99.8 Å². The van der Waals surface area contributed by atoms with Crippen LogP contribution in [-0.4, -0.2) is 34.3 Å². The Bertz CT molecular complexity index is 451. The van der Waals surface area contributed by atoms with Gasteiger partial charge in [0.2, 0.25) is 0 Å². The van der Waals surface area contributed by atoms with Crippen molar-refractivity contribution < 1.29 is 19.7 Å². The highest BCUT2D eigenvalue weighted by Crippen LogP contribution is 2.33. The number of carbonyl (C=O) groups is 1. The summed E-state index contributed by atoms with van der Waals surface area (Å²) < 4.78 is 5.58. The molecule has 2 N–H and O–H groups in total. The Balaban J connectivity index is 2.25. The third-order valence-electron chi connectivity index (χ3n) is 3.16. The van der Waals surface area contributed by atoms with Crippen molar-refractivity contribution in [3.05, 3.63) is 29.3 Å². The third-order valence-corrected chi connectivity index (χ3v) is 3.16. The topological polar surface area (TPSA) is 66.8 Å². The quantitative estimate of drug-likeness (QED) is 0.766. The van der Waals surface area contributed by atoms with E-state index in [4.69, 9.17) is 9.84 Å². The van der Waals surface area contributed by atoms with Crippen LogP contribution in [0.15, 0.2) is 18.2 Å². The van der Waals surface area contributed by atoms with Gasteiger partial charge in [-0.05, 0) is 37.6 Å². The van der Waals surface area contributed by atoms with E-state index in [0.29, 0.717) is 17.7 Å². The minimum absolute atomic E-state index is 0.00479. The number of hydrogen-bond donors (Lipinski definition) is 2. The molecule has 0 saturated carbocycles. The lowest BCUT2D eigenvalue weighted by Gasteiger charge is -2.26. The molecule has 2 atom stereocenters. The molecule has 0 fully saturated rings. The number of carbonyl (C=O) groups excluding carboxylic acids is 1. The molecule has 0 radical (unpaired) electrons. The maximum absolute atomic E-state index is 11.2. The van der Waals surface area contributed by atoms with Gasteiger partial charge in [0, 0.05) is 12.0 Å². The molecule has 0 saturated heterocycles. The smallest absolute Gasteiger partial charge is 0.159 e. The van der Waals surface area contributed by atoms with Gasteiger partial charge in [-0.15, -0.1) is 0 Å². The molecular formula is C13H16O4. The van der Waals surface area contributed by atoms with E-state index in [1.54, 1.807) is 18.2 Å². The van der Waals surface area contributed by atoms with Crippen molar-refractivity contribution >= 4 is 5.78 Å². The molecule has 1 heterocycles. The predicted octanol–water partition coefficient (Wildman–Crippen LogP) is 0.936. The molecule has 0 aliphatic carbocycles. The third kappa shape index (κ3) is 2.18. The molecule has 4 heteroatoms. The van der Waals surface area contributed by atoms with Crippen LogP contribution in [0.4, 0.5) is 0 Å². The molecule has 1 aromatic rings. The molecule has 0 unspecified atom stereocenters. The van der Waals surface area contributed by atoms with E-state index in [-0.39, 0.29) is 12.4 Å². The Morgan fingerprint density at radius 1 is 1.59 bits per heavy atom. The first-order chi connectivity index (χ1) is 7.94. The van der Waals surface area contributed by atoms with E-state index in [9.17, 15) is 9.90 Å². The van der Waals surface area contributed by atoms with Crippen LogP contribution in [0.5, 0.6) is 5.75 Å². The van der Waals surface area contributed by atoms with Crippen LogP contribution >= 0.6 is 0 Å². The molecule has 1 aromatic carbocycles. The molecule has 0 bridgehead atoms. The van der Waals surface area contributed by atoms with Crippen LogP contribution in [0.2, 0.25) is 0 Å². The highest BCUT2D eigenvalue weighted by molar-refractivity contribution is 5.94. The lowest BCUT2D eigenvalue weighted by Crippen LogP contribution is -2.45. The highest BCUT2D eigenvalue weighted by Gasteiger charge is 2.38. The summed E-state index contributed by atoms with van der Waals surface area (Å²) in [6.07, 6.45) is 0.0361. The zero-order valence-electron chi connectivity index (χ0n) is 9.93. The fourth-order valence-corrected chi connectivity index (χ4v) is 1.92. The Kier molecular flexibility index (Phi) is 2.93. The average Bonchev–Trinajstić information content (AvgIpc) is 2.72. The summed E-state index contributed by atoms with van der Waals surface area (Å²) in [5.41, 5.74) is 0.267. The van der Waals surface area contributed by atoms with Gasteiger partial charge in [0.05, 0.1) is 6.61 Å². The van der Waals surface area contributed by atoms with Crippen LogP contribution in [-0.2, 0) is 6.42 Å². The monoisotopic (exact) mass is 236 g/mol. The molecule has 4 nitrogen and oxygen atoms in total. The summed E-state index contributed by atoms with van der Waals surface area (Å²) in [6.45, 7) is 2.69. The van der Waals surface area contributed by atoms with E-state index >= 15 is 0 Å². The SMILES string of the molecule is CC(=O)c1ccc2c(c1)C[C@H]([C@@](C)(O)CO)O2. The van der Waals surface area contributed by atoms with Gasteiger partial charge in [-0.1, -0.05) is 0 Å².